The third-order valence-corrected chi connectivity index (χ3v) is 3.15. The molecule has 0 fully saturated rings. The molecule has 4 heteroatoms. The van der Waals surface area contributed by atoms with Crippen molar-refractivity contribution >= 4 is 11.3 Å². The Morgan fingerprint density at radius 2 is 2.27 bits per heavy atom. The van der Waals surface area contributed by atoms with Gasteiger partial charge in [-0.3, -0.25) is 4.79 Å². The highest BCUT2D eigenvalue weighted by atomic mass is 32.1. The molecular formula is C11H12N2OS. The molecule has 0 aliphatic heterocycles. The Bertz CT molecular complexity index is 514. The molecule has 78 valence electrons. The summed E-state index contributed by atoms with van der Waals surface area (Å²) in [7, 11) is 0. The molecule has 0 spiro atoms. The smallest absolute Gasteiger partial charge is 0.254 e. The number of rotatable bonds is 2. The first kappa shape index (κ1) is 10.1. The van der Waals surface area contributed by atoms with Crippen LogP contribution in [0.15, 0.2) is 22.3 Å². The van der Waals surface area contributed by atoms with Crippen LogP contribution in [-0.2, 0) is 6.42 Å². The van der Waals surface area contributed by atoms with Gasteiger partial charge in [-0.2, -0.15) is 0 Å². The van der Waals surface area contributed by atoms with Gasteiger partial charge in [-0.15, -0.1) is 11.3 Å². The van der Waals surface area contributed by atoms with Crippen LogP contribution in [0.4, 0.5) is 0 Å². The Hall–Kier alpha value is -1.42. The Morgan fingerprint density at radius 3 is 2.87 bits per heavy atom. The summed E-state index contributed by atoms with van der Waals surface area (Å²) in [5.74, 6) is 0.674. The lowest BCUT2D eigenvalue weighted by atomic mass is 10.1. The summed E-state index contributed by atoms with van der Waals surface area (Å²) < 4.78 is 0. The van der Waals surface area contributed by atoms with E-state index in [-0.39, 0.29) is 5.56 Å². The van der Waals surface area contributed by atoms with Crippen molar-refractivity contribution in [2.75, 3.05) is 0 Å². The number of aromatic nitrogens is 2. The van der Waals surface area contributed by atoms with Gasteiger partial charge in [-0.05, 0) is 25.3 Å². The van der Waals surface area contributed by atoms with Crippen molar-refractivity contribution in [1.29, 1.82) is 0 Å². The largest absolute Gasteiger partial charge is 0.311 e. The summed E-state index contributed by atoms with van der Waals surface area (Å²) in [6.45, 7) is 3.68. The molecule has 0 atom stereocenters. The second-order valence-corrected chi connectivity index (χ2v) is 4.50. The number of H-pyrrole nitrogens is 1. The van der Waals surface area contributed by atoms with Gasteiger partial charge in [-0.1, -0.05) is 6.07 Å². The Labute approximate surface area is 91.8 Å². The summed E-state index contributed by atoms with van der Waals surface area (Å²) in [5.41, 5.74) is 1.57. The average Bonchev–Trinajstić information content (AvgIpc) is 2.63. The fourth-order valence-electron chi connectivity index (χ4n) is 1.55. The molecule has 1 N–H and O–H groups in total. The Kier molecular flexibility index (Phi) is 2.68. The van der Waals surface area contributed by atoms with Gasteiger partial charge in [0.05, 0.1) is 0 Å². The first-order valence-electron chi connectivity index (χ1n) is 4.75. The average molecular weight is 220 g/mol. The van der Waals surface area contributed by atoms with Crippen LogP contribution in [0.1, 0.15) is 22.0 Å². The Morgan fingerprint density at radius 1 is 1.47 bits per heavy atom. The van der Waals surface area contributed by atoms with Gasteiger partial charge in [0.2, 0.25) is 0 Å². The molecule has 2 rings (SSSR count). The molecule has 0 saturated heterocycles. The van der Waals surface area contributed by atoms with E-state index in [2.05, 4.69) is 9.97 Å². The molecule has 2 aromatic heterocycles. The molecular weight excluding hydrogens is 208 g/mol. The summed E-state index contributed by atoms with van der Waals surface area (Å²) in [5, 5.41) is 2.01. The van der Waals surface area contributed by atoms with Crippen LogP contribution >= 0.6 is 11.3 Å². The van der Waals surface area contributed by atoms with Gasteiger partial charge in [0.1, 0.15) is 5.82 Å². The number of hydrogen-bond acceptors (Lipinski definition) is 3. The van der Waals surface area contributed by atoms with Crippen LogP contribution in [0.2, 0.25) is 0 Å². The van der Waals surface area contributed by atoms with Crippen molar-refractivity contribution in [2.45, 2.75) is 20.3 Å². The predicted molar refractivity (Wildman–Crippen MR) is 61.5 cm³/mol. The van der Waals surface area contributed by atoms with Gasteiger partial charge < -0.3 is 4.98 Å². The maximum Gasteiger partial charge on any atom is 0.254 e. The second kappa shape index (κ2) is 3.98. The minimum atomic E-state index is -0.0200. The number of aromatic amines is 1. The quantitative estimate of drug-likeness (QED) is 0.841. The van der Waals surface area contributed by atoms with E-state index in [0.29, 0.717) is 12.2 Å². The third kappa shape index (κ3) is 2.15. The molecule has 2 aromatic rings. The number of nitrogens with one attached hydrogen (secondary N) is 1. The first-order valence-corrected chi connectivity index (χ1v) is 5.63. The highest BCUT2D eigenvalue weighted by molar-refractivity contribution is 7.09. The van der Waals surface area contributed by atoms with Gasteiger partial charge in [0.25, 0.3) is 5.56 Å². The van der Waals surface area contributed by atoms with Crippen molar-refractivity contribution < 1.29 is 0 Å². The third-order valence-electron chi connectivity index (χ3n) is 2.27. The standard InChI is InChI=1S/C11H12N2OS/c1-7-10(6-9-4-3-5-15-9)11(14)13-8(2)12-7/h3-5H,6H2,1-2H3,(H,12,13,14). The fourth-order valence-corrected chi connectivity index (χ4v) is 2.26. The van der Waals surface area contributed by atoms with Crippen LogP contribution in [0.25, 0.3) is 0 Å². The molecule has 0 bridgehead atoms. The monoisotopic (exact) mass is 220 g/mol. The molecule has 0 aromatic carbocycles. The van der Waals surface area contributed by atoms with Crippen molar-refractivity contribution in [1.82, 2.24) is 9.97 Å². The minimum Gasteiger partial charge on any atom is -0.311 e. The normalized spacial score (nSPS) is 10.5. The van der Waals surface area contributed by atoms with E-state index in [1.807, 2.05) is 24.4 Å². The summed E-state index contributed by atoms with van der Waals surface area (Å²) in [4.78, 5) is 19.9. The van der Waals surface area contributed by atoms with E-state index in [0.717, 1.165) is 11.3 Å². The van der Waals surface area contributed by atoms with Crippen molar-refractivity contribution in [3.05, 3.63) is 49.8 Å². The molecule has 15 heavy (non-hydrogen) atoms. The number of nitrogens with zero attached hydrogens (tertiary/aromatic N) is 1. The SMILES string of the molecule is Cc1nc(C)c(Cc2cccs2)c(=O)[nH]1. The van der Waals surface area contributed by atoms with Gasteiger partial charge in [0, 0.05) is 22.6 Å². The number of hydrogen-bond donors (Lipinski definition) is 1. The molecule has 0 aliphatic carbocycles. The molecule has 0 unspecified atom stereocenters. The van der Waals surface area contributed by atoms with E-state index in [9.17, 15) is 4.79 Å². The van der Waals surface area contributed by atoms with Crippen molar-refractivity contribution in [3.8, 4) is 0 Å². The number of thiophene rings is 1. The van der Waals surface area contributed by atoms with Crippen LogP contribution in [0.3, 0.4) is 0 Å². The zero-order valence-electron chi connectivity index (χ0n) is 8.70. The van der Waals surface area contributed by atoms with Crippen LogP contribution < -0.4 is 5.56 Å². The van der Waals surface area contributed by atoms with E-state index in [1.165, 1.54) is 4.88 Å². The molecule has 3 nitrogen and oxygen atoms in total. The maximum atomic E-state index is 11.7. The maximum absolute atomic E-state index is 11.7. The highest BCUT2D eigenvalue weighted by Gasteiger charge is 2.07. The predicted octanol–water partition coefficient (Wildman–Crippen LogP) is 2.04. The van der Waals surface area contributed by atoms with E-state index in [4.69, 9.17) is 0 Å². The summed E-state index contributed by atoms with van der Waals surface area (Å²) in [6, 6.07) is 4.02. The summed E-state index contributed by atoms with van der Waals surface area (Å²) in [6.07, 6.45) is 0.673. The molecule has 2 heterocycles. The zero-order chi connectivity index (χ0) is 10.8. The minimum absolute atomic E-state index is 0.0200. The molecule has 0 aliphatic rings. The first-order chi connectivity index (χ1) is 7.16. The van der Waals surface area contributed by atoms with Crippen molar-refractivity contribution in [2.24, 2.45) is 0 Å². The lowest BCUT2D eigenvalue weighted by Gasteiger charge is -2.03. The fraction of sp³-hybridized carbons (Fsp3) is 0.273. The Balaban J connectivity index is 2.41. The van der Waals surface area contributed by atoms with Gasteiger partial charge in [0.15, 0.2) is 0 Å². The van der Waals surface area contributed by atoms with E-state index >= 15 is 0 Å². The van der Waals surface area contributed by atoms with Crippen LogP contribution in [0, 0.1) is 13.8 Å². The lowest BCUT2D eigenvalue weighted by molar-refractivity contribution is 0.932. The lowest BCUT2D eigenvalue weighted by Crippen LogP contribution is -2.17. The zero-order valence-corrected chi connectivity index (χ0v) is 9.52. The number of aryl methyl sites for hydroxylation is 2. The second-order valence-electron chi connectivity index (χ2n) is 3.47. The van der Waals surface area contributed by atoms with Crippen molar-refractivity contribution in [3.63, 3.8) is 0 Å². The van der Waals surface area contributed by atoms with Gasteiger partial charge in [-0.25, -0.2) is 4.98 Å². The summed E-state index contributed by atoms with van der Waals surface area (Å²) >= 11 is 1.66. The molecule has 0 saturated carbocycles. The molecule has 0 radical (unpaired) electrons. The van der Waals surface area contributed by atoms with E-state index < -0.39 is 0 Å². The van der Waals surface area contributed by atoms with Crippen LogP contribution in [0.5, 0.6) is 0 Å². The molecule has 0 amide bonds. The highest BCUT2D eigenvalue weighted by Crippen LogP contribution is 2.13. The van der Waals surface area contributed by atoms with Crippen LogP contribution in [-0.4, -0.2) is 9.97 Å². The van der Waals surface area contributed by atoms with Gasteiger partial charge >= 0.3 is 0 Å². The van der Waals surface area contributed by atoms with E-state index in [1.54, 1.807) is 18.3 Å². The topological polar surface area (TPSA) is 45.8 Å².